The highest BCUT2D eigenvalue weighted by Gasteiger charge is 2.31. The van der Waals surface area contributed by atoms with Crippen LogP contribution in [0.4, 0.5) is 5.69 Å². The lowest BCUT2D eigenvalue weighted by Gasteiger charge is -2.16. The summed E-state index contributed by atoms with van der Waals surface area (Å²) in [6.45, 7) is 6.08. The number of carbonyl (C=O) groups excluding carboxylic acids is 1. The fourth-order valence-corrected chi connectivity index (χ4v) is 1.69. The first kappa shape index (κ1) is 12.7. The molecular weight excluding hydrogens is 234 g/mol. The van der Waals surface area contributed by atoms with Crippen LogP contribution in [0.2, 0.25) is 0 Å². The first-order valence-corrected chi connectivity index (χ1v) is 5.90. The van der Waals surface area contributed by atoms with Gasteiger partial charge in [0.25, 0.3) is 0 Å². The molecule has 5 nitrogen and oxygen atoms in total. The van der Waals surface area contributed by atoms with Gasteiger partial charge in [0.1, 0.15) is 6.61 Å². The minimum absolute atomic E-state index is 0.0520. The van der Waals surface area contributed by atoms with E-state index in [1.807, 2.05) is 20.8 Å². The van der Waals surface area contributed by atoms with Crippen molar-refractivity contribution in [3.63, 3.8) is 0 Å². The average molecular weight is 251 g/mol. The molecule has 0 bridgehead atoms. The standard InChI is InChI=1S/C13H17NO4/c1-4-16-8-12(15)14-9-5-6-10-11(7-9)18-13(2,3)17-10/h5-7H,4,8H2,1-3H3,(H,14,15). The largest absolute Gasteiger partial charge is 0.449 e. The molecule has 1 aromatic rings. The Labute approximate surface area is 106 Å². The number of rotatable bonds is 4. The summed E-state index contributed by atoms with van der Waals surface area (Å²) in [6, 6.07) is 5.29. The molecule has 1 aliphatic rings. The summed E-state index contributed by atoms with van der Waals surface area (Å²) in [5, 5.41) is 2.73. The Kier molecular flexibility index (Phi) is 3.43. The van der Waals surface area contributed by atoms with E-state index in [2.05, 4.69) is 5.32 Å². The molecule has 18 heavy (non-hydrogen) atoms. The van der Waals surface area contributed by atoms with Gasteiger partial charge in [0.05, 0.1) is 0 Å². The summed E-state index contributed by atoms with van der Waals surface area (Å²) < 4.78 is 16.2. The quantitative estimate of drug-likeness (QED) is 0.891. The van der Waals surface area contributed by atoms with E-state index in [4.69, 9.17) is 14.2 Å². The predicted octanol–water partition coefficient (Wildman–Crippen LogP) is 2.17. The highest BCUT2D eigenvalue weighted by molar-refractivity contribution is 5.92. The zero-order valence-corrected chi connectivity index (χ0v) is 10.8. The van der Waals surface area contributed by atoms with Gasteiger partial charge in [-0.1, -0.05) is 0 Å². The summed E-state index contributed by atoms with van der Waals surface area (Å²) in [7, 11) is 0. The van der Waals surface area contributed by atoms with Gasteiger partial charge in [-0.25, -0.2) is 0 Å². The van der Waals surface area contributed by atoms with Gasteiger partial charge in [0, 0.05) is 32.2 Å². The maximum Gasteiger partial charge on any atom is 0.250 e. The SMILES string of the molecule is CCOCC(=O)Nc1ccc2c(c1)OC(C)(C)O2. The van der Waals surface area contributed by atoms with Crippen LogP contribution < -0.4 is 14.8 Å². The molecule has 98 valence electrons. The Morgan fingerprint density at radius 1 is 1.33 bits per heavy atom. The van der Waals surface area contributed by atoms with Crippen molar-refractivity contribution in [3.05, 3.63) is 18.2 Å². The van der Waals surface area contributed by atoms with E-state index in [0.29, 0.717) is 23.8 Å². The van der Waals surface area contributed by atoms with Crippen molar-refractivity contribution in [1.82, 2.24) is 0 Å². The van der Waals surface area contributed by atoms with Crippen LogP contribution in [0, 0.1) is 0 Å². The summed E-state index contributed by atoms with van der Waals surface area (Å²) in [5.41, 5.74) is 0.666. The maximum absolute atomic E-state index is 11.5. The Balaban J connectivity index is 2.03. The number of carbonyl (C=O) groups is 1. The van der Waals surface area contributed by atoms with Crippen molar-refractivity contribution in [2.75, 3.05) is 18.5 Å². The van der Waals surface area contributed by atoms with E-state index in [9.17, 15) is 4.79 Å². The van der Waals surface area contributed by atoms with Crippen LogP contribution in [0.25, 0.3) is 0 Å². The van der Waals surface area contributed by atoms with Crippen LogP contribution in [0.3, 0.4) is 0 Å². The maximum atomic E-state index is 11.5. The van der Waals surface area contributed by atoms with Crippen LogP contribution in [-0.2, 0) is 9.53 Å². The molecule has 0 saturated heterocycles. The second-order valence-electron chi connectivity index (χ2n) is 4.45. The molecule has 0 saturated carbocycles. The van der Waals surface area contributed by atoms with Gasteiger partial charge in [-0.3, -0.25) is 4.79 Å². The van der Waals surface area contributed by atoms with Crippen molar-refractivity contribution in [2.45, 2.75) is 26.6 Å². The lowest BCUT2D eigenvalue weighted by atomic mass is 10.3. The molecule has 0 atom stereocenters. The molecule has 0 fully saturated rings. The fraction of sp³-hybridized carbons (Fsp3) is 0.462. The molecule has 0 spiro atoms. The van der Waals surface area contributed by atoms with Crippen LogP contribution in [0.1, 0.15) is 20.8 Å². The third-order valence-electron chi connectivity index (χ3n) is 2.38. The number of ether oxygens (including phenoxy) is 3. The Hall–Kier alpha value is -1.75. The van der Waals surface area contributed by atoms with Crippen molar-refractivity contribution < 1.29 is 19.0 Å². The van der Waals surface area contributed by atoms with Crippen molar-refractivity contribution in [3.8, 4) is 11.5 Å². The average Bonchev–Trinajstić information content (AvgIpc) is 2.59. The van der Waals surface area contributed by atoms with Gasteiger partial charge in [0.2, 0.25) is 11.7 Å². The van der Waals surface area contributed by atoms with Crippen LogP contribution >= 0.6 is 0 Å². The molecular formula is C13H17NO4. The van der Waals surface area contributed by atoms with E-state index < -0.39 is 5.79 Å². The van der Waals surface area contributed by atoms with Crippen molar-refractivity contribution in [1.29, 1.82) is 0 Å². The van der Waals surface area contributed by atoms with Crippen LogP contribution in [0.5, 0.6) is 11.5 Å². The zero-order chi connectivity index (χ0) is 13.2. The molecule has 0 radical (unpaired) electrons. The fourth-order valence-electron chi connectivity index (χ4n) is 1.69. The van der Waals surface area contributed by atoms with Gasteiger partial charge in [-0.15, -0.1) is 0 Å². The van der Waals surface area contributed by atoms with Gasteiger partial charge < -0.3 is 19.5 Å². The molecule has 1 aromatic carbocycles. The molecule has 2 rings (SSSR count). The molecule has 1 aliphatic heterocycles. The highest BCUT2D eigenvalue weighted by Crippen LogP contribution is 2.40. The van der Waals surface area contributed by atoms with Crippen molar-refractivity contribution in [2.24, 2.45) is 0 Å². The number of amides is 1. The topological polar surface area (TPSA) is 56.8 Å². The van der Waals surface area contributed by atoms with Crippen molar-refractivity contribution >= 4 is 11.6 Å². The molecule has 0 aliphatic carbocycles. The monoisotopic (exact) mass is 251 g/mol. The summed E-state index contributed by atoms with van der Waals surface area (Å²) in [4.78, 5) is 11.5. The van der Waals surface area contributed by atoms with Crippen LogP contribution in [0.15, 0.2) is 18.2 Å². The normalized spacial score (nSPS) is 15.5. The molecule has 1 N–H and O–H groups in total. The predicted molar refractivity (Wildman–Crippen MR) is 66.9 cm³/mol. The second-order valence-corrected chi connectivity index (χ2v) is 4.45. The number of hydrogen-bond donors (Lipinski definition) is 1. The third kappa shape index (κ3) is 2.92. The van der Waals surface area contributed by atoms with E-state index in [0.717, 1.165) is 0 Å². The van der Waals surface area contributed by atoms with Gasteiger partial charge >= 0.3 is 0 Å². The summed E-state index contributed by atoms with van der Waals surface area (Å²) >= 11 is 0. The Bertz CT molecular complexity index is 456. The molecule has 0 aromatic heterocycles. The number of benzene rings is 1. The van der Waals surface area contributed by atoms with Crippen LogP contribution in [-0.4, -0.2) is 24.9 Å². The second kappa shape index (κ2) is 4.86. The first-order chi connectivity index (χ1) is 8.50. The summed E-state index contributed by atoms with van der Waals surface area (Å²) in [5.74, 6) is 0.475. The van der Waals surface area contributed by atoms with E-state index in [1.165, 1.54) is 0 Å². The van der Waals surface area contributed by atoms with Gasteiger partial charge in [-0.2, -0.15) is 0 Å². The minimum atomic E-state index is -0.656. The van der Waals surface area contributed by atoms with E-state index >= 15 is 0 Å². The Morgan fingerprint density at radius 2 is 2.06 bits per heavy atom. The van der Waals surface area contributed by atoms with Gasteiger partial charge in [0.15, 0.2) is 11.5 Å². The zero-order valence-electron chi connectivity index (χ0n) is 10.8. The Morgan fingerprint density at radius 3 is 2.78 bits per heavy atom. The number of anilines is 1. The van der Waals surface area contributed by atoms with Gasteiger partial charge in [-0.05, 0) is 19.1 Å². The lowest BCUT2D eigenvalue weighted by molar-refractivity contribution is -0.120. The third-order valence-corrected chi connectivity index (χ3v) is 2.38. The molecule has 0 unspecified atom stereocenters. The smallest absolute Gasteiger partial charge is 0.250 e. The number of hydrogen-bond acceptors (Lipinski definition) is 4. The molecule has 5 heteroatoms. The molecule has 1 amide bonds. The number of nitrogens with one attached hydrogen (secondary N) is 1. The lowest BCUT2D eigenvalue weighted by Crippen LogP contribution is -2.29. The van der Waals surface area contributed by atoms with E-state index in [-0.39, 0.29) is 12.5 Å². The minimum Gasteiger partial charge on any atom is -0.449 e. The number of fused-ring (bicyclic) bond motifs is 1. The molecule has 1 heterocycles. The van der Waals surface area contributed by atoms with E-state index in [1.54, 1.807) is 18.2 Å². The summed E-state index contributed by atoms with van der Waals surface area (Å²) in [6.07, 6.45) is 0. The highest BCUT2D eigenvalue weighted by atomic mass is 16.7. The first-order valence-electron chi connectivity index (χ1n) is 5.90.